The SMILES string of the molecule is CCC(N)Cc1c(C)n(CC(=O)OC)c2ccccc12. The number of fused-ring (bicyclic) bond motifs is 1. The van der Waals surface area contributed by atoms with Crippen molar-refractivity contribution >= 4 is 16.9 Å². The molecule has 2 N–H and O–H groups in total. The molecule has 1 aromatic heterocycles. The number of esters is 1. The Morgan fingerprint density at radius 1 is 1.40 bits per heavy atom. The molecule has 0 bridgehead atoms. The van der Waals surface area contributed by atoms with E-state index >= 15 is 0 Å². The Labute approximate surface area is 119 Å². The standard InChI is InChI=1S/C16H22N2O2/c1-4-12(17)9-14-11(2)18(10-16(19)20-3)15-8-6-5-7-13(14)15/h5-8,12H,4,9-10,17H2,1-3H3. The first-order valence-corrected chi connectivity index (χ1v) is 6.97. The fourth-order valence-corrected chi connectivity index (χ4v) is 2.56. The van der Waals surface area contributed by atoms with Crippen LogP contribution >= 0.6 is 0 Å². The van der Waals surface area contributed by atoms with E-state index in [1.165, 1.54) is 18.1 Å². The van der Waals surface area contributed by atoms with Gasteiger partial charge in [-0.25, -0.2) is 0 Å². The Morgan fingerprint density at radius 3 is 2.75 bits per heavy atom. The van der Waals surface area contributed by atoms with E-state index in [0.29, 0.717) is 0 Å². The van der Waals surface area contributed by atoms with Crippen molar-refractivity contribution in [2.45, 2.75) is 39.3 Å². The second-order valence-corrected chi connectivity index (χ2v) is 5.12. The van der Waals surface area contributed by atoms with E-state index in [9.17, 15) is 4.79 Å². The van der Waals surface area contributed by atoms with Gasteiger partial charge in [0, 0.05) is 22.6 Å². The Kier molecular flexibility index (Phi) is 4.45. The molecular formula is C16H22N2O2. The zero-order chi connectivity index (χ0) is 14.7. The van der Waals surface area contributed by atoms with Gasteiger partial charge in [0.05, 0.1) is 7.11 Å². The minimum Gasteiger partial charge on any atom is -0.468 e. The molecule has 0 amide bonds. The zero-order valence-electron chi connectivity index (χ0n) is 12.3. The van der Waals surface area contributed by atoms with E-state index in [2.05, 4.69) is 13.0 Å². The predicted molar refractivity (Wildman–Crippen MR) is 80.7 cm³/mol. The average molecular weight is 274 g/mol. The van der Waals surface area contributed by atoms with Gasteiger partial charge < -0.3 is 15.0 Å². The summed E-state index contributed by atoms with van der Waals surface area (Å²) >= 11 is 0. The molecule has 0 saturated heterocycles. The van der Waals surface area contributed by atoms with Crippen LogP contribution < -0.4 is 5.73 Å². The number of hydrogen-bond donors (Lipinski definition) is 1. The van der Waals surface area contributed by atoms with Crippen LogP contribution in [0.5, 0.6) is 0 Å². The molecule has 0 saturated carbocycles. The molecular weight excluding hydrogens is 252 g/mol. The quantitative estimate of drug-likeness (QED) is 0.852. The molecule has 1 unspecified atom stereocenters. The number of para-hydroxylation sites is 1. The van der Waals surface area contributed by atoms with Gasteiger partial charge in [0.1, 0.15) is 6.54 Å². The van der Waals surface area contributed by atoms with Crippen molar-refractivity contribution in [1.82, 2.24) is 4.57 Å². The van der Waals surface area contributed by atoms with Crippen molar-refractivity contribution in [1.29, 1.82) is 0 Å². The highest BCUT2D eigenvalue weighted by molar-refractivity contribution is 5.87. The highest BCUT2D eigenvalue weighted by Crippen LogP contribution is 2.27. The van der Waals surface area contributed by atoms with Crippen molar-refractivity contribution in [2.24, 2.45) is 5.73 Å². The molecule has 1 aromatic carbocycles. The van der Waals surface area contributed by atoms with Gasteiger partial charge in [-0.05, 0) is 31.4 Å². The number of benzene rings is 1. The first-order chi connectivity index (χ1) is 9.58. The molecule has 0 radical (unpaired) electrons. The molecule has 4 nitrogen and oxygen atoms in total. The van der Waals surface area contributed by atoms with Gasteiger partial charge in [0.15, 0.2) is 0 Å². The van der Waals surface area contributed by atoms with E-state index in [-0.39, 0.29) is 18.6 Å². The number of nitrogens with zero attached hydrogens (tertiary/aromatic N) is 1. The molecule has 2 aromatic rings. The summed E-state index contributed by atoms with van der Waals surface area (Å²) in [7, 11) is 1.41. The monoisotopic (exact) mass is 274 g/mol. The minimum atomic E-state index is -0.236. The second kappa shape index (κ2) is 6.09. The summed E-state index contributed by atoms with van der Waals surface area (Å²) in [5, 5.41) is 1.18. The van der Waals surface area contributed by atoms with Gasteiger partial charge in [-0.2, -0.15) is 0 Å². The molecule has 0 fully saturated rings. The summed E-state index contributed by atoms with van der Waals surface area (Å²) < 4.78 is 6.80. The number of carbonyl (C=O) groups is 1. The lowest BCUT2D eigenvalue weighted by Gasteiger charge is -2.10. The van der Waals surface area contributed by atoms with Gasteiger partial charge in [-0.15, -0.1) is 0 Å². The largest absolute Gasteiger partial charge is 0.468 e. The van der Waals surface area contributed by atoms with Crippen LogP contribution in [-0.4, -0.2) is 23.7 Å². The Hall–Kier alpha value is -1.81. The lowest BCUT2D eigenvalue weighted by atomic mass is 10.0. The number of hydrogen-bond acceptors (Lipinski definition) is 3. The van der Waals surface area contributed by atoms with Crippen LogP contribution in [0.3, 0.4) is 0 Å². The lowest BCUT2D eigenvalue weighted by molar-refractivity contribution is -0.141. The van der Waals surface area contributed by atoms with Crippen molar-refractivity contribution in [2.75, 3.05) is 7.11 Å². The van der Waals surface area contributed by atoms with E-state index < -0.39 is 0 Å². The number of nitrogens with two attached hydrogens (primary N) is 1. The molecule has 0 aliphatic carbocycles. The molecule has 1 atom stereocenters. The number of carbonyl (C=O) groups excluding carboxylic acids is 1. The third-order valence-corrected chi connectivity index (χ3v) is 3.87. The smallest absolute Gasteiger partial charge is 0.325 e. The van der Waals surface area contributed by atoms with E-state index in [4.69, 9.17) is 10.5 Å². The van der Waals surface area contributed by atoms with Crippen molar-refractivity contribution in [3.05, 3.63) is 35.5 Å². The topological polar surface area (TPSA) is 57.2 Å². The summed E-state index contributed by atoms with van der Waals surface area (Å²) in [5.41, 5.74) is 9.50. The highest BCUT2D eigenvalue weighted by Gasteiger charge is 2.17. The average Bonchev–Trinajstić information content (AvgIpc) is 2.72. The molecule has 108 valence electrons. The number of aromatic nitrogens is 1. The van der Waals surface area contributed by atoms with Crippen LogP contribution in [-0.2, 0) is 22.5 Å². The van der Waals surface area contributed by atoms with Gasteiger partial charge >= 0.3 is 5.97 Å². The summed E-state index contributed by atoms with van der Waals surface area (Å²) in [4.78, 5) is 11.6. The zero-order valence-corrected chi connectivity index (χ0v) is 12.3. The number of ether oxygens (including phenoxy) is 1. The van der Waals surface area contributed by atoms with Crippen LogP contribution in [0.1, 0.15) is 24.6 Å². The fraction of sp³-hybridized carbons (Fsp3) is 0.438. The third kappa shape index (κ3) is 2.70. The van der Waals surface area contributed by atoms with Crippen LogP contribution in [0.15, 0.2) is 24.3 Å². The summed E-state index contributed by atoms with van der Waals surface area (Å²) in [6.07, 6.45) is 1.77. The summed E-state index contributed by atoms with van der Waals surface area (Å²) in [6.45, 7) is 4.37. The van der Waals surface area contributed by atoms with Crippen LogP contribution in [0.4, 0.5) is 0 Å². The minimum absolute atomic E-state index is 0.145. The Balaban J connectivity index is 2.52. The van der Waals surface area contributed by atoms with E-state index in [0.717, 1.165) is 24.1 Å². The summed E-state index contributed by atoms with van der Waals surface area (Å²) in [6, 6.07) is 8.27. The first kappa shape index (κ1) is 14.6. The van der Waals surface area contributed by atoms with E-state index in [1.807, 2.05) is 29.7 Å². The Bertz CT molecular complexity index is 616. The molecule has 4 heteroatoms. The maximum Gasteiger partial charge on any atom is 0.325 e. The van der Waals surface area contributed by atoms with Gasteiger partial charge in [-0.3, -0.25) is 4.79 Å². The maximum atomic E-state index is 11.6. The molecule has 2 rings (SSSR count). The molecule has 0 spiro atoms. The Morgan fingerprint density at radius 2 is 2.10 bits per heavy atom. The fourth-order valence-electron chi connectivity index (χ4n) is 2.56. The molecule has 0 aliphatic rings. The summed E-state index contributed by atoms with van der Waals surface area (Å²) in [5.74, 6) is -0.236. The van der Waals surface area contributed by atoms with Gasteiger partial charge in [0.2, 0.25) is 0 Å². The maximum absolute atomic E-state index is 11.6. The first-order valence-electron chi connectivity index (χ1n) is 6.97. The van der Waals surface area contributed by atoms with Gasteiger partial charge in [-0.1, -0.05) is 25.1 Å². The third-order valence-electron chi connectivity index (χ3n) is 3.87. The molecule has 20 heavy (non-hydrogen) atoms. The van der Waals surface area contributed by atoms with Crippen LogP contribution in [0.2, 0.25) is 0 Å². The number of methoxy groups -OCH3 is 1. The second-order valence-electron chi connectivity index (χ2n) is 5.12. The van der Waals surface area contributed by atoms with Crippen molar-refractivity contribution < 1.29 is 9.53 Å². The van der Waals surface area contributed by atoms with E-state index in [1.54, 1.807) is 0 Å². The van der Waals surface area contributed by atoms with Crippen molar-refractivity contribution in [3.8, 4) is 0 Å². The lowest BCUT2D eigenvalue weighted by Crippen LogP contribution is -2.22. The van der Waals surface area contributed by atoms with Crippen LogP contribution in [0.25, 0.3) is 10.9 Å². The highest BCUT2D eigenvalue weighted by atomic mass is 16.5. The normalized spacial score (nSPS) is 12.6. The van der Waals surface area contributed by atoms with Crippen molar-refractivity contribution in [3.63, 3.8) is 0 Å². The molecule has 1 heterocycles. The van der Waals surface area contributed by atoms with Crippen LogP contribution in [0, 0.1) is 6.92 Å². The molecule has 0 aliphatic heterocycles. The number of rotatable bonds is 5. The van der Waals surface area contributed by atoms with Gasteiger partial charge in [0.25, 0.3) is 0 Å². The predicted octanol–water partition coefficient (Wildman–Crippen LogP) is 2.40.